The highest BCUT2D eigenvalue weighted by Crippen LogP contribution is 2.48. The molecule has 17 heavy (non-hydrogen) atoms. The molecule has 0 atom stereocenters. The van der Waals surface area contributed by atoms with E-state index in [0.29, 0.717) is 0 Å². The van der Waals surface area contributed by atoms with Gasteiger partial charge in [-0.25, -0.2) is 0 Å². The topological polar surface area (TPSA) is 46.5 Å². The van der Waals surface area contributed by atoms with Crippen molar-refractivity contribution in [3.05, 3.63) is 29.8 Å². The van der Waals surface area contributed by atoms with E-state index in [2.05, 4.69) is 0 Å². The summed E-state index contributed by atoms with van der Waals surface area (Å²) in [6, 6.07) is 7.56. The van der Waals surface area contributed by atoms with Gasteiger partial charge in [-0.05, 0) is 49.3 Å². The minimum Gasteiger partial charge on any atom is -0.493 e. The minimum atomic E-state index is -0.704. The summed E-state index contributed by atoms with van der Waals surface area (Å²) in [4.78, 5) is 11.2. The van der Waals surface area contributed by atoms with Gasteiger partial charge in [0.05, 0.1) is 12.0 Å². The normalized spacial score (nSPS) is 20.9. The zero-order chi connectivity index (χ0) is 11.9. The molecule has 0 aromatic heterocycles. The second-order valence-electron chi connectivity index (χ2n) is 5.17. The average Bonchev–Trinajstić information content (AvgIpc) is 3.20. The van der Waals surface area contributed by atoms with Crippen LogP contribution in [0, 0.1) is 5.92 Å². The van der Waals surface area contributed by atoms with Crippen LogP contribution in [0.2, 0.25) is 0 Å². The molecular weight excluding hydrogens is 216 g/mol. The number of carboxylic acid groups (broad SMARTS) is 1. The first kappa shape index (κ1) is 10.6. The van der Waals surface area contributed by atoms with E-state index in [1.165, 1.54) is 12.8 Å². The van der Waals surface area contributed by atoms with Crippen molar-refractivity contribution in [3.8, 4) is 5.75 Å². The van der Waals surface area contributed by atoms with E-state index in [1.54, 1.807) is 0 Å². The fourth-order valence-electron chi connectivity index (χ4n) is 2.12. The SMILES string of the molecule is O=C(O)C1(c2ccc(OCC3CC3)cc2)CC1. The van der Waals surface area contributed by atoms with E-state index in [4.69, 9.17) is 4.74 Å². The molecule has 2 aliphatic rings. The highest BCUT2D eigenvalue weighted by molar-refractivity contribution is 5.84. The summed E-state index contributed by atoms with van der Waals surface area (Å²) in [5.41, 5.74) is 0.304. The zero-order valence-electron chi connectivity index (χ0n) is 9.69. The second kappa shape index (κ2) is 3.76. The van der Waals surface area contributed by atoms with Crippen LogP contribution in [-0.4, -0.2) is 17.7 Å². The molecule has 2 saturated carbocycles. The van der Waals surface area contributed by atoms with Crippen molar-refractivity contribution in [2.45, 2.75) is 31.1 Å². The number of carbonyl (C=O) groups is 1. The van der Waals surface area contributed by atoms with Crippen molar-refractivity contribution in [1.29, 1.82) is 0 Å². The Labute approximate surface area is 100 Å². The largest absolute Gasteiger partial charge is 0.493 e. The highest BCUT2D eigenvalue weighted by Gasteiger charge is 2.51. The number of hydrogen-bond donors (Lipinski definition) is 1. The predicted octanol–water partition coefficient (Wildman–Crippen LogP) is 2.59. The van der Waals surface area contributed by atoms with Crippen LogP contribution in [-0.2, 0) is 10.2 Å². The lowest BCUT2D eigenvalue weighted by Gasteiger charge is -2.11. The van der Waals surface area contributed by atoms with Crippen LogP contribution in [0.15, 0.2) is 24.3 Å². The highest BCUT2D eigenvalue weighted by atomic mass is 16.5. The summed E-state index contributed by atoms with van der Waals surface area (Å²) in [6.07, 6.45) is 4.07. The summed E-state index contributed by atoms with van der Waals surface area (Å²) in [5.74, 6) is 0.884. The van der Waals surface area contributed by atoms with Gasteiger partial charge in [0.25, 0.3) is 0 Å². The number of rotatable bonds is 5. The van der Waals surface area contributed by atoms with E-state index in [1.807, 2.05) is 24.3 Å². The predicted molar refractivity (Wildman–Crippen MR) is 63.2 cm³/mol. The molecule has 3 heteroatoms. The molecule has 3 rings (SSSR count). The van der Waals surface area contributed by atoms with E-state index in [-0.39, 0.29) is 0 Å². The maximum Gasteiger partial charge on any atom is 0.314 e. The van der Waals surface area contributed by atoms with Crippen molar-refractivity contribution in [3.63, 3.8) is 0 Å². The molecule has 0 heterocycles. The molecule has 0 saturated heterocycles. The fourth-order valence-corrected chi connectivity index (χ4v) is 2.12. The van der Waals surface area contributed by atoms with Gasteiger partial charge in [0.15, 0.2) is 0 Å². The number of hydrogen-bond acceptors (Lipinski definition) is 2. The molecule has 0 amide bonds. The van der Waals surface area contributed by atoms with Gasteiger partial charge >= 0.3 is 5.97 Å². The molecule has 0 spiro atoms. The molecule has 90 valence electrons. The summed E-state index contributed by atoms with van der Waals surface area (Å²) >= 11 is 0. The Bertz CT molecular complexity index is 427. The van der Waals surface area contributed by atoms with Crippen molar-refractivity contribution in [2.24, 2.45) is 5.92 Å². The monoisotopic (exact) mass is 232 g/mol. The lowest BCUT2D eigenvalue weighted by molar-refractivity contribution is -0.140. The van der Waals surface area contributed by atoms with Gasteiger partial charge in [0.1, 0.15) is 5.75 Å². The number of ether oxygens (including phenoxy) is 1. The van der Waals surface area contributed by atoms with Gasteiger partial charge in [-0.15, -0.1) is 0 Å². The van der Waals surface area contributed by atoms with Gasteiger partial charge < -0.3 is 9.84 Å². The molecular formula is C14H16O3. The van der Waals surface area contributed by atoms with Gasteiger partial charge in [-0.1, -0.05) is 12.1 Å². The average molecular weight is 232 g/mol. The van der Waals surface area contributed by atoms with Gasteiger partial charge in [0, 0.05) is 0 Å². The molecule has 2 aliphatic carbocycles. The molecule has 0 unspecified atom stereocenters. The third-order valence-corrected chi connectivity index (χ3v) is 3.75. The van der Waals surface area contributed by atoms with Gasteiger partial charge in [-0.3, -0.25) is 4.79 Å². The van der Waals surface area contributed by atoms with Crippen LogP contribution in [0.25, 0.3) is 0 Å². The van der Waals surface area contributed by atoms with Crippen LogP contribution in [0.1, 0.15) is 31.2 Å². The lowest BCUT2D eigenvalue weighted by Crippen LogP contribution is -2.19. The maximum atomic E-state index is 11.2. The van der Waals surface area contributed by atoms with Crippen LogP contribution >= 0.6 is 0 Å². The van der Waals surface area contributed by atoms with E-state index in [0.717, 1.165) is 36.7 Å². The second-order valence-corrected chi connectivity index (χ2v) is 5.17. The Kier molecular flexibility index (Phi) is 2.35. The van der Waals surface area contributed by atoms with Crippen LogP contribution in [0.3, 0.4) is 0 Å². The standard InChI is InChI=1S/C14H16O3/c15-13(16)14(7-8-14)11-3-5-12(6-4-11)17-9-10-1-2-10/h3-6,10H,1-2,7-9H2,(H,15,16). The molecule has 3 nitrogen and oxygen atoms in total. The Morgan fingerprint density at radius 1 is 1.29 bits per heavy atom. The molecule has 1 aromatic rings. The lowest BCUT2D eigenvalue weighted by atomic mass is 9.96. The molecule has 0 aliphatic heterocycles. The fraction of sp³-hybridized carbons (Fsp3) is 0.500. The van der Waals surface area contributed by atoms with E-state index >= 15 is 0 Å². The smallest absolute Gasteiger partial charge is 0.314 e. The van der Waals surface area contributed by atoms with Crippen molar-refractivity contribution in [2.75, 3.05) is 6.61 Å². The van der Waals surface area contributed by atoms with Crippen LogP contribution in [0.4, 0.5) is 0 Å². The summed E-state index contributed by atoms with van der Waals surface area (Å²) in [7, 11) is 0. The molecule has 1 aromatic carbocycles. The molecule has 0 radical (unpaired) electrons. The summed E-state index contributed by atoms with van der Waals surface area (Å²) in [6.45, 7) is 0.795. The van der Waals surface area contributed by atoms with Crippen LogP contribution in [0.5, 0.6) is 5.75 Å². The molecule has 1 N–H and O–H groups in total. The van der Waals surface area contributed by atoms with E-state index in [9.17, 15) is 9.90 Å². The number of carboxylic acids is 1. The number of aliphatic carboxylic acids is 1. The Morgan fingerprint density at radius 2 is 1.94 bits per heavy atom. The molecule has 2 fully saturated rings. The number of benzene rings is 1. The van der Waals surface area contributed by atoms with Crippen molar-refractivity contribution in [1.82, 2.24) is 0 Å². The quantitative estimate of drug-likeness (QED) is 0.848. The third kappa shape index (κ3) is 2.02. The van der Waals surface area contributed by atoms with Crippen molar-refractivity contribution >= 4 is 5.97 Å². The molecule has 0 bridgehead atoms. The summed E-state index contributed by atoms with van der Waals surface area (Å²) < 4.78 is 5.63. The minimum absolute atomic E-state index is 0.602. The Hall–Kier alpha value is -1.51. The first-order valence-electron chi connectivity index (χ1n) is 6.17. The van der Waals surface area contributed by atoms with Gasteiger partial charge in [0.2, 0.25) is 0 Å². The maximum absolute atomic E-state index is 11.2. The Morgan fingerprint density at radius 3 is 2.41 bits per heavy atom. The summed E-state index contributed by atoms with van der Waals surface area (Å²) in [5, 5.41) is 9.18. The zero-order valence-corrected chi connectivity index (χ0v) is 9.69. The van der Waals surface area contributed by atoms with E-state index < -0.39 is 11.4 Å². The third-order valence-electron chi connectivity index (χ3n) is 3.75. The van der Waals surface area contributed by atoms with Crippen molar-refractivity contribution < 1.29 is 14.6 Å². The van der Waals surface area contributed by atoms with Gasteiger partial charge in [-0.2, -0.15) is 0 Å². The van der Waals surface area contributed by atoms with Crippen LogP contribution < -0.4 is 4.74 Å². The first-order chi connectivity index (χ1) is 8.21. The Balaban J connectivity index is 1.69. The first-order valence-corrected chi connectivity index (χ1v) is 6.17.